The molecule has 2 rings (SSSR count). The second-order valence-electron chi connectivity index (χ2n) is 5.55. The Kier molecular flexibility index (Phi) is 5.52. The van der Waals surface area contributed by atoms with Gasteiger partial charge >= 0.3 is 6.18 Å². The van der Waals surface area contributed by atoms with Crippen LogP contribution in [-0.2, 0) is 16.2 Å². The third-order valence-electron chi connectivity index (χ3n) is 3.33. The summed E-state index contributed by atoms with van der Waals surface area (Å²) in [5.74, 6) is -0.680. The maximum atomic E-state index is 12.8. The van der Waals surface area contributed by atoms with E-state index in [1.807, 2.05) is 0 Å². The van der Waals surface area contributed by atoms with Gasteiger partial charge in [-0.15, -0.1) is 0 Å². The number of amides is 1. The van der Waals surface area contributed by atoms with Gasteiger partial charge in [-0.2, -0.15) is 13.2 Å². The molecule has 0 heterocycles. The molecule has 0 unspecified atom stereocenters. The highest BCUT2D eigenvalue weighted by Gasteiger charge is 2.31. The number of hydrogen-bond donors (Lipinski definition) is 2. The minimum atomic E-state index is -4.57. The first-order valence-electron chi connectivity index (χ1n) is 7.13. The Morgan fingerprint density at radius 2 is 1.73 bits per heavy atom. The maximum Gasteiger partial charge on any atom is 0.416 e. The van der Waals surface area contributed by atoms with Crippen LogP contribution < -0.4 is 10.0 Å². The molecule has 0 aliphatic rings. The zero-order valence-electron chi connectivity index (χ0n) is 13.6. The highest BCUT2D eigenvalue weighted by molar-refractivity contribution is 7.92. The van der Waals surface area contributed by atoms with Crippen LogP contribution in [0.2, 0.25) is 5.02 Å². The molecule has 0 atom stereocenters. The Labute approximate surface area is 153 Å². The lowest BCUT2D eigenvalue weighted by atomic mass is 10.1. The molecule has 0 saturated heterocycles. The summed E-state index contributed by atoms with van der Waals surface area (Å²) in [6.07, 6.45) is -3.58. The Balaban J connectivity index is 2.27. The number of carbonyl (C=O) groups is 1. The van der Waals surface area contributed by atoms with Gasteiger partial charge in [0.1, 0.15) is 0 Å². The van der Waals surface area contributed by atoms with Crippen LogP contribution in [0.1, 0.15) is 21.5 Å². The number of hydrogen-bond acceptors (Lipinski definition) is 3. The second kappa shape index (κ2) is 7.16. The highest BCUT2D eigenvalue weighted by atomic mass is 35.5. The Morgan fingerprint density at radius 3 is 2.27 bits per heavy atom. The smallest absolute Gasteiger partial charge is 0.321 e. The fourth-order valence-electron chi connectivity index (χ4n) is 2.11. The number of carbonyl (C=O) groups excluding carboxylic acids is 1. The van der Waals surface area contributed by atoms with Crippen molar-refractivity contribution < 1.29 is 26.4 Å². The Bertz CT molecular complexity index is 960. The van der Waals surface area contributed by atoms with Crippen molar-refractivity contribution in [3.63, 3.8) is 0 Å². The Morgan fingerprint density at radius 1 is 1.08 bits per heavy atom. The van der Waals surface area contributed by atoms with E-state index in [2.05, 4.69) is 10.0 Å². The Hall–Kier alpha value is -2.26. The third kappa shape index (κ3) is 5.12. The maximum absolute atomic E-state index is 12.8. The largest absolute Gasteiger partial charge is 0.416 e. The monoisotopic (exact) mass is 406 g/mol. The number of halogens is 4. The lowest BCUT2D eigenvalue weighted by molar-refractivity contribution is -0.137. The number of anilines is 2. The molecular formula is C16H14ClF3N2O3S. The summed E-state index contributed by atoms with van der Waals surface area (Å²) in [6, 6.07) is 6.74. The van der Waals surface area contributed by atoms with Crippen molar-refractivity contribution in [1.82, 2.24) is 0 Å². The van der Waals surface area contributed by atoms with Crippen LogP contribution in [0.3, 0.4) is 0 Å². The van der Waals surface area contributed by atoms with Gasteiger partial charge in [0.15, 0.2) is 0 Å². The van der Waals surface area contributed by atoms with Crippen LogP contribution in [0.5, 0.6) is 0 Å². The molecule has 0 aromatic heterocycles. The zero-order chi connectivity index (χ0) is 19.7. The topological polar surface area (TPSA) is 75.3 Å². The molecule has 2 aromatic rings. The van der Waals surface area contributed by atoms with Gasteiger partial charge in [0.25, 0.3) is 5.91 Å². The average molecular weight is 407 g/mol. The van der Waals surface area contributed by atoms with E-state index in [0.29, 0.717) is 11.3 Å². The molecule has 0 radical (unpaired) electrons. The predicted octanol–water partition coefficient (Wildman–Crippen LogP) is 4.29. The van der Waals surface area contributed by atoms with Crippen molar-refractivity contribution in [3.8, 4) is 0 Å². The van der Waals surface area contributed by atoms with Crippen molar-refractivity contribution in [2.24, 2.45) is 0 Å². The molecule has 5 nitrogen and oxygen atoms in total. The van der Waals surface area contributed by atoms with Crippen LogP contribution in [-0.4, -0.2) is 20.6 Å². The number of rotatable bonds is 4. The molecule has 1 amide bonds. The number of aryl methyl sites for hydroxylation is 1. The predicted molar refractivity (Wildman–Crippen MR) is 94.1 cm³/mol. The first-order chi connectivity index (χ1) is 11.9. The van der Waals surface area contributed by atoms with Crippen molar-refractivity contribution >= 4 is 38.9 Å². The van der Waals surface area contributed by atoms with Gasteiger partial charge in [0.2, 0.25) is 10.0 Å². The van der Waals surface area contributed by atoms with Crippen molar-refractivity contribution in [2.45, 2.75) is 13.1 Å². The van der Waals surface area contributed by atoms with E-state index in [9.17, 15) is 26.4 Å². The van der Waals surface area contributed by atoms with E-state index in [1.54, 1.807) is 6.92 Å². The van der Waals surface area contributed by atoms with Crippen LogP contribution in [0.25, 0.3) is 0 Å². The van der Waals surface area contributed by atoms with Crippen LogP contribution in [0.15, 0.2) is 36.4 Å². The molecular weight excluding hydrogens is 393 g/mol. The lowest BCUT2D eigenvalue weighted by Gasteiger charge is -2.13. The molecule has 0 bridgehead atoms. The minimum Gasteiger partial charge on any atom is -0.321 e. The van der Waals surface area contributed by atoms with Crippen LogP contribution in [0.4, 0.5) is 24.5 Å². The van der Waals surface area contributed by atoms with Crippen LogP contribution in [0, 0.1) is 6.92 Å². The molecule has 2 aromatic carbocycles. The summed E-state index contributed by atoms with van der Waals surface area (Å²) in [5, 5.41) is 2.28. The van der Waals surface area contributed by atoms with Gasteiger partial charge in [-0.25, -0.2) is 8.42 Å². The first kappa shape index (κ1) is 20.1. The highest BCUT2D eigenvalue weighted by Crippen LogP contribution is 2.34. The van der Waals surface area contributed by atoms with E-state index < -0.39 is 27.7 Å². The van der Waals surface area contributed by atoms with Crippen molar-refractivity contribution in [3.05, 3.63) is 58.1 Å². The average Bonchev–Trinajstić information content (AvgIpc) is 2.49. The number of alkyl halides is 3. The molecule has 10 heteroatoms. The molecule has 0 fully saturated rings. The normalized spacial score (nSPS) is 11.9. The summed E-state index contributed by atoms with van der Waals surface area (Å²) in [7, 11) is -3.48. The number of benzene rings is 2. The fraction of sp³-hybridized carbons (Fsp3) is 0.188. The van der Waals surface area contributed by atoms with Gasteiger partial charge in [-0.1, -0.05) is 11.6 Å². The fourth-order valence-corrected chi connectivity index (χ4v) is 2.90. The van der Waals surface area contributed by atoms with Crippen molar-refractivity contribution in [1.29, 1.82) is 0 Å². The second-order valence-corrected chi connectivity index (χ2v) is 7.71. The standard InChI is InChI=1S/C16H14ClF3N2O3S/c1-9-7-10(3-6-13(9)22-26(2,24)25)15(23)21-14-8-11(16(18,19)20)4-5-12(14)17/h3-8,22H,1-2H3,(H,21,23). The summed E-state index contributed by atoms with van der Waals surface area (Å²) in [4.78, 5) is 12.3. The van der Waals surface area contributed by atoms with Gasteiger partial charge < -0.3 is 5.32 Å². The third-order valence-corrected chi connectivity index (χ3v) is 4.25. The van der Waals surface area contributed by atoms with Gasteiger partial charge in [0, 0.05) is 5.56 Å². The molecule has 0 spiro atoms. The molecule has 26 heavy (non-hydrogen) atoms. The SMILES string of the molecule is Cc1cc(C(=O)Nc2cc(C(F)(F)F)ccc2Cl)ccc1NS(C)(=O)=O. The van der Waals surface area contributed by atoms with Gasteiger partial charge in [0.05, 0.1) is 28.2 Å². The summed E-state index contributed by atoms with van der Waals surface area (Å²) in [6.45, 7) is 1.58. The van der Waals surface area contributed by atoms with Gasteiger partial charge in [-0.05, 0) is 48.9 Å². The van der Waals surface area contributed by atoms with E-state index in [4.69, 9.17) is 11.6 Å². The molecule has 0 saturated carbocycles. The van der Waals surface area contributed by atoms with E-state index in [1.165, 1.54) is 18.2 Å². The minimum absolute atomic E-state index is 0.0431. The quantitative estimate of drug-likeness (QED) is 0.795. The van der Waals surface area contributed by atoms with Crippen molar-refractivity contribution in [2.75, 3.05) is 16.3 Å². The summed E-state index contributed by atoms with van der Waals surface area (Å²) >= 11 is 5.85. The molecule has 2 N–H and O–H groups in total. The number of sulfonamides is 1. The lowest BCUT2D eigenvalue weighted by Crippen LogP contribution is -2.15. The molecule has 140 valence electrons. The molecule has 0 aliphatic heterocycles. The first-order valence-corrected chi connectivity index (χ1v) is 9.40. The summed E-state index contributed by atoms with van der Waals surface area (Å²) < 4.78 is 63.2. The van der Waals surface area contributed by atoms with E-state index in [-0.39, 0.29) is 16.3 Å². The zero-order valence-corrected chi connectivity index (χ0v) is 15.2. The van der Waals surface area contributed by atoms with Gasteiger partial charge in [-0.3, -0.25) is 9.52 Å². The van der Waals surface area contributed by atoms with E-state index >= 15 is 0 Å². The summed E-state index contributed by atoms with van der Waals surface area (Å²) in [5.41, 5.74) is -0.224. The van der Waals surface area contributed by atoms with Crippen LogP contribution >= 0.6 is 11.6 Å². The van der Waals surface area contributed by atoms with E-state index in [0.717, 1.165) is 24.5 Å². The molecule has 0 aliphatic carbocycles. The number of nitrogens with one attached hydrogen (secondary N) is 2.